The Morgan fingerprint density at radius 1 is 1.25 bits per heavy atom. The number of aryl methyl sites for hydroxylation is 1. The predicted octanol–water partition coefficient (Wildman–Crippen LogP) is 3.55. The predicted molar refractivity (Wildman–Crippen MR) is 80.9 cm³/mol. The number of carbonyl (C=O) groups excluding carboxylic acids is 1. The second-order valence-electron chi connectivity index (χ2n) is 5.77. The minimum absolute atomic E-state index is 0.0835. The van der Waals surface area contributed by atoms with Crippen LogP contribution in [-0.2, 0) is 4.79 Å². The molecule has 2 rings (SSSR count). The number of ether oxygens (including phenoxy) is 1. The van der Waals surface area contributed by atoms with Gasteiger partial charge in [-0.1, -0.05) is 37.5 Å². The molecule has 1 atom stereocenters. The Labute approximate surface area is 121 Å². The topological polar surface area (TPSA) is 29.5 Å². The third-order valence-electron chi connectivity index (χ3n) is 4.22. The summed E-state index contributed by atoms with van der Waals surface area (Å²) in [4.78, 5) is 14.3. The van der Waals surface area contributed by atoms with Gasteiger partial charge in [0.15, 0.2) is 6.10 Å². The Morgan fingerprint density at radius 3 is 2.55 bits per heavy atom. The number of hydrogen-bond acceptors (Lipinski definition) is 2. The molecule has 0 heterocycles. The minimum atomic E-state index is -0.428. The van der Waals surface area contributed by atoms with Crippen molar-refractivity contribution in [3.05, 3.63) is 29.8 Å². The highest BCUT2D eigenvalue weighted by Gasteiger charge is 2.26. The summed E-state index contributed by atoms with van der Waals surface area (Å²) in [6.45, 7) is 3.84. The number of amides is 1. The molecule has 0 N–H and O–H groups in total. The maximum Gasteiger partial charge on any atom is 0.263 e. The van der Waals surface area contributed by atoms with Crippen molar-refractivity contribution in [3.8, 4) is 5.75 Å². The molecule has 0 radical (unpaired) electrons. The first-order valence-corrected chi connectivity index (χ1v) is 7.58. The maximum absolute atomic E-state index is 12.5. The van der Waals surface area contributed by atoms with Gasteiger partial charge in [-0.05, 0) is 38.3 Å². The van der Waals surface area contributed by atoms with E-state index < -0.39 is 6.10 Å². The molecule has 1 aromatic rings. The number of para-hydroxylation sites is 1. The molecular weight excluding hydrogens is 250 g/mol. The van der Waals surface area contributed by atoms with E-state index in [1.54, 1.807) is 0 Å². The number of nitrogens with zero attached hydrogens (tertiary/aromatic N) is 1. The van der Waals surface area contributed by atoms with Crippen molar-refractivity contribution in [1.29, 1.82) is 0 Å². The summed E-state index contributed by atoms with van der Waals surface area (Å²) in [6, 6.07) is 8.21. The second kappa shape index (κ2) is 6.78. The van der Waals surface area contributed by atoms with E-state index in [2.05, 4.69) is 0 Å². The molecule has 3 heteroatoms. The summed E-state index contributed by atoms with van der Waals surface area (Å²) >= 11 is 0. The first-order chi connectivity index (χ1) is 9.59. The first kappa shape index (κ1) is 14.9. The highest BCUT2D eigenvalue weighted by Crippen LogP contribution is 2.23. The molecule has 0 aliphatic heterocycles. The van der Waals surface area contributed by atoms with Crippen LogP contribution >= 0.6 is 0 Å². The van der Waals surface area contributed by atoms with E-state index in [9.17, 15) is 4.79 Å². The highest BCUT2D eigenvalue weighted by atomic mass is 16.5. The summed E-state index contributed by atoms with van der Waals surface area (Å²) in [5.74, 6) is 0.880. The molecule has 0 saturated heterocycles. The molecule has 1 fully saturated rings. The number of hydrogen-bond donors (Lipinski definition) is 0. The Kier molecular flexibility index (Phi) is 5.05. The molecule has 0 bridgehead atoms. The van der Waals surface area contributed by atoms with Crippen LogP contribution in [0, 0.1) is 6.92 Å². The van der Waals surface area contributed by atoms with E-state index in [1.807, 2.05) is 50.1 Å². The lowest BCUT2D eigenvalue weighted by Gasteiger charge is -2.33. The molecule has 1 saturated carbocycles. The summed E-state index contributed by atoms with van der Waals surface area (Å²) in [5.41, 5.74) is 1.06. The Hall–Kier alpha value is -1.51. The van der Waals surface area contributed by atoms with E-state index >= 15 is 0 Å². The summed E-state index contributed by atoms with van der Waals surface area (Å²) in [7, 11) is 1.91. The van der Waals surface area contributed by atoms with Gasteiger partial charge >= 0.3 is 0 Å². The standard InChI is InChI=1S/C17H25NO2/c1-13-9-7-8-12-16(13)20-14(2)17(19)18(3)15-10-5-4-6-11-15/h7-9,12,14-15H,4-6,10-11H2,1-3H3. The summed E-state index contributed by atoms with van der Waals surface area (Å²) in [5, 5.41) is 0. The lowest BCUT2D eigenvalue weighted by atomic mass is 9.94. The van der Waals surface area contributed by atoms with Crippen molar-refractivity contribution in [2.75, 3.05) is 7.05 Å². The van der Waals surface area contributed by atoms with E-state index in [0.717, 1.165) is 24.2 Å². The lowest BCUT2D eigenvalue weighted by molar-refractivity contribution is -0.139. The molecule has 0 spiro atoms. The van der Waals surface area contributed by atoms with Gasteiger partial charge in [-0.2, -0.15) is 0 Å². The van der Waals surface area contributed by atoms with Crippen molar-refractivity contribution >= 4 is 5.91 Å². The zero-order chi connectivity index (χ0) is 14.5. The molecule has 3 nitrogen and oxygen atoms in total. The molecule has 1 unspecified atom stereocenters. The molecule has 1 amide bonds. The fourth-order valence-electron chi connectivity index (χ4n) is 2.86. The number of rotatable bonds is 4. The molecule has 1 aromatic carbocycles. The van der Waals surface area contributed by atoms with Crippen molar-refractivity contribution < 1.29 is 9.53 Å². The zero-order valence-corrected chi connectivity index (χ0v) is 12.8. The number of carbonyl (C=O) groups is 1. The van der Waals surface area contributed by atoms with Gasteiger partial charge in [-0.15, -0.1) is 0 Å². The molecular formula is C17H25NO2. The van der Waals surface area contributed by atoms with E-state index in [-0.39, 0.29) is 5.91 Å². The fourth-order valence-corrected chi connectivity index (χ4v) is 2.86. The molecule has 0 aromatic heterocycles. The van der Waals surface area contributed by atoms with Gasteiger partial charge in [0.2, 0.25) is 0 Å². The van der Waals surface area contributed by atoms with Gasteiger partial charge in [0.1, 0.15) is 5.75 Å². The molecule has 110 valence electrons. The Morgan fingerprint density at radius 2 is 1.90 bits per heavy atom. The lowest BCUT2D eigenvalue weighted by Crippen LogP contribution is -2.44. The van der Waals surface area contributed by atoms with Crippen LogP contribution in [0.3, 0.4) is 0 Å². The summed E-state index contributed by atoms with van der Waals surface area (Å²) in [6.07, 6.45) is 5.58. The molecule has 1 aliphatic rings. The average Bonchev–Trinajstić information content (AvgIpc) is 2.49. The Balaban J connectivity index is 1.96. The number of likely N-dealkylation sites (N-methyl/N-ethyl adjacent to an activating group) is 1. The maximum atomic E-state index is 12.5. The quantitative estimate of drug-likeness (QED) is 0.841. The van der Waals surface area contributed by atoms with Crippen LogP contribution in [0.1, 0.15) is 44.6 Å². The third kappa shape index (κ3) is 3.53. The van der Waals surface area contributed by atoms with Gasteiger partial charge in [-0.25, -0.2) is 0 Å². The fraction of sp³-hybridized carbons (Fsp3) is 0.588. The van der Waals surface area contributed by atoms with Crippen LogP contribution in [0.4, 0.5) is 0 Å². The van der Waals surface area contributed by atoms with Crippen LogP contribution in [-0.4, -0.2) is 30.0 Å². The van der Waals surface area contributed by atoms with Crippen LogP contribution in [0.2, 0.25) is 0 Å². The van der Waals surface area contributed by atoms with E-state index in [4.69, 9.17) is 4.74 Å². The molecule has 20 heavy (non-hydrogen) atoms. The van der Waals surface area contributed by atoms with Crippen molar-refractivity contribution in [2.24, 2.45) is 0 Å². The van der Waals surface area contributed by atoms with Crippen molar-refractivity contribution in [1.82, 2.24) is 4.90 Å². The minimum Gasteiger partial charge on any atom is -0.481 e. The largest absolute Gasteiger partial charge is 0.481 e. The van der Waals surface area contributed by atoms with Crippen LogP contribution in [0.15, 0.2) is 24.3 Å². The summed E-state index contributed by atoms with van der Waals surface area (Å²) < 4.78 is 5.83. The Bertz CT molecular complexity index is 452. The van der Waals surface area contributed by atoms with Crippen LogP contribution < -0.4 is 4.74 Å². The van der Waals surface area contributed by atoms with Gasteiger partial charge in [0, 0.05) is 13.1 Å². The third-order valence-corrected chi connectivity index (χ3v) is 4.22. The first-order valence-electron chi connectivity index (χ1n) is 7.58. The van der Waals surface area contributed by atoms with Gasteiger partial charge in [0.05, 0.1) is 0 Å². The highest BCUT2D eigenvalue weighted by molar-refractivity contribution is 5.81. The SMILES string of the molecule is Cc1ccccc1OC(C)C(=O)N(C)C1CCCCC1. The zero-order valence-electron chi connectivity index (χ0n) is 12.8. The smallest absolute Gasteiger partial charge is 0.263 e. The van der Waals surface area contributed by atoms with E-state index in [0.29, 0.717) is 6.04 Å². The van der Waals surface area contributed by atoms with Crippen molar-refractivity contribution in [2.45, 2.75) is 58.1 Å². The average molecular weight is 275 g/mol. The van der Waals surface area contributed by atoms with E-state index in [1.165, 1.54) is 19.3 Å². The van der Waals surface area contributed by atoms with Crippen LogP contribution in [0.5, 0.6) is 5.75 Å². The van der Waals surface area contributed by atoms with Crippen LogP contribution in [0.25, 0.3) is 0 Å². The number of benzene rings is 1. The van der Waals surface area contributed by atoms with Crippen molar-refractivity contribution in [3.63, 3.8) is 0 Å². The monoisotopic (exact) mass is 275 g/mol. The second-order valence-corrected chi connectivity index (χ2v) is 5.77. The molecule has 1 aliphatic carbocycles. The van der Waals surface area contributed by atoms with Gasteiger partial charge < -0.3 is 9.64 Å². The van der Waals surface area contributed by atoms with Gasteiger partial charge in [0.25, 0.3) is 5.91 Å². The van der Waals surface area contributed by atoms with Gasteiger partial charge in [-0.3, -0.25) is 4.79 Å². The normalized spacial score (nSPS) is 17.6.